The highest BCUT2D eigenvalue weighted by Gasteiger charge is 2.18. The maximum Gasteiger partial charge on any atom is 0.305 e. The Morgan fingerprint density at radius 3 is 2.61 bits per heavy atom. The van der Waals surface area contributed by atoms with Gasteiger partial charge in [-0.2, -0.15) is 0 Å². The minimum absolute atomic E-state index is 0.166. The molecule has 2 amide bonds. The number of hydrazine groups is 1. The Bertz CT molecular complexity index is 904. The van der Waals surface area contributed by atoms with Crippen LogP contribution in [-0.2, 0) is 0 Å². The molecule has 7 heteroatoms. The second kappa shape index (κ2) is 6.21. The first-order chi connectivity index (χ1) is 11.1. The molecule has 2 N–H and O–H groups in total. The first-order valence-corrected chi connectivity index (χ1v) is 7.55. The third kappa shape index (κ3) is 3.09. The molecule has 0 saturated heterocycles. The molecule has 0 aliphatic rings. The molecule has 0 aliphatic carbocycles. The van der Waals surface area contributed by atoms with Crippen molar-refractivity contribution in [3.63, 3.8) is 0 Å². The van der Waals surface area contributed by atoms with Crippen LogP contribution in [0.25, 0.3) is 11.0 Å². The fourth-order valence-corrected chi connectivity index (χ4v) is 2.53. The summed E-state index contributed by atoms with van der Waals surface area (Å²) in [5, 5.41) is 0.861. The molecule has 2 heterocycles. The van der Waals surface area contributed by atoms with Gasteiger partial charge in [-0.1, -0.05) is 18.2 Å². The van der Waals surface area contributed by atoms with E-state index in [0.717, 1.165) is 10.9 Å². The van der Waals surface area contributed by atoms with Gasteiger partial charge in [-0.3, -0.25) is 25.4 Å². The van der Waals surface area contributed by atoms with Gasteiger partial charge >= 0.3 is 5.91 Å². The zero-order chi connectivity index (χ0) is 16.4. The highest BCUT2D eigenvalue weighted by Crippen LogP contribution is 2.24. The summed E-state index contributed by atoms with van der Waals surface area (Å²) in [7, 11) is 0. The van der Waals surface area contributed by atoms with Crippen LogP contribution in [0.3, 0.4) is 0 Å². The van der Waals surface area contributed by atoms with E-state index in [9.17, 15) is 9.59 Å². The van der Waals surface area contributed by atoms with E-state index < -0.39 is 11.8 Å². The number of furan rings is 1. The van der Waals surface area contributed by atoms with Crippen molar-refractivity contribution in [2.75, 3.05) is 0 Å². The fourth-order valence-electron chi connectivity index (χ4n) is 2.17. The third-order valence-corrected chi connectivity index (χ3v) is 3.74. The van der Waals surface area contributed by atoms with Crippen LogP contribution < -0.4 is 10.9 Å². The van der Waals surface area contributed by atoms with Gasteiger partial charge in [0.2, 0.25) is 0 Å². The zero-order valence-corrected chi connectivity index (χ0v) is 13.7. The second-order valence-corrected chi connectivity index (χ2v) is 5.77. The highest BCUT2D eigenvalue weighted by molar-refractivity contribution is 9.10. The Labute approximate surface area is 140 Å². The van der Waals surface area contributed by atoms with Crippen LogP contribution in [0, 0.1) is 6.92 Å². The fraction of sp³-hybridized carbons (Fsp3) is 0.0625. The summed E-state index contributed by atoms with van der Waals surface area (Å²) in [5.41, 5.74) is 6.34. The Kier molecular flexibility index (Phi) is 4.12. The lowest BCUT2D eigenvalue weighted by atomic mass is 10.1. The predicted molar refractivity (Wildman–Crippen MR) is 87.8 cm³/mol. The quantitative estimate of drug-likeness (QED) is 0.676. The first-order valence-electron chi connectivity index (χ1n) is 6.75. The third-order valence-electron chi connectivity index (χ3n) is 3.31. The number of fused-ring (bicyclic) bond motifs is 1. The van der Waals surface area contributed by atoms with E-state index in [4.69, 9.17) is 4.42 Å². The average molecular weight is 374 g/mol. The number of para-hydroxylation sites is 1. The number of rotatable bonds is 2. The van der Waals surface area contributed by atoms with Gasteiger partial charge in [-0.05, 0) is 35.0 Å². The number of amides is 2. The van der Waals surface area contributed by atoms with Crippen molar-refractivity contribution in [1.82, 2.24) is 15.8 Å². The molecule has 23 heavy (non-hydrogen) atoms. The first kappa shape index (κ1) is 15.2. The Morgan fingerprint density at radius 2 is 1.87 bits per heavy atom. The molecule has 0 aliphatic heterocycles. The Morgan fingerprint density at radius 1 is 1.13 bits per heavy atom. The topological polar surface area (TPSA) is 84.2 Å². The number of hydrogen-bond acceptors (Lipinski definition) is 4. The molecule has 2 aromatic heterocycles. The van der Waals surface area contributed by atoms with Crippen molar-refractivity contribution in [2.45, 2.75) is 6.92 Å². The van der Waals surface area contributed by atoms with Gasteiger partial charge in [-0.25, -0.2) is 0 Å². The molecule has 0 bridgehead atoms. The van der Waals surface area contributed by atoms with Crippen molar-refractivity contribution in [2.24, 2.45) is 0 Å². The molecule has 116 valence electrons. The molecule has 0 radical (unpaired) electrons. The summed E-state index contributed by atoms with van der Waals surface area (Å²) in [4.78, 5) is 28.1. The predicted octanol–water partition coefficient (Wildman–Crippen LogP) is 2.97. The average Bonchev–Trinajstić information content (AvgIpc) is 2.90. The number of aromatic nitrogens is 1. The minimum atomic E-state index is -0.519. The SMILES string of the molecule is Cc1c(C(=O)NNC(=O)c2cncc(Br)c2)oc2ccccc12. The number of hydrogen-bond donors (Lipinski definition) is 2. The van der Waals surface area contributed by atoms with Crippen LogP contribution in [0.5, 0.6) is 0 Å². The number of nitrogens with zero attached hydrogens (tertiary/aromatic N) is 1. The number of nitrogens with one attached hydrogen (secondary N) is 2. The molecule has 6 nitrogen and oxygen atoms in total. The van der Waals surface area contributed by atoms with Crippen molar-refractivity contribution in [1.29, 1.82) is 0 Å². The van der Waals surface area contributed by atoms with Gasteiger partial charge in [0.05, 0.1) is 5.56 Å². The maximum absolute atomic E-state index is 12.2. The smallest absolute Gasteiger partial charge is 0.305 e. The van der Waals surface area contributed by atoms with E-state index >= 15 is 0 Å². The monoisotopic (exact) mass is 373 g/mol. The van der Waals surface area contributed by atoms with Crippen LogP contribution >= 0.6 is 15.9 Å². The molecule has 3 aromatic rings. The minimum Gasteiger partial charge on any atom is -0.451 e. The van der Waals surface area contributed by atoms with E-state index in [1.54, 1.807) is 25.3 Å². The van der Waals surface area contributed by atoms with Crippen LogP contribution in [0.1, 0.15) is 26.5 Å². The summed E-state index contributed by atoms with van der Waals surface area (Å²) >= 11 is 3.23. The van der Waals surface area contributed by atoms with Gasteiger partial charge < -0.3 is 4.42 Å². The number of aryl methyl sites for hydroxylation is 1. The molecule has 0 atom stereocenters. The van der Waals surface area contributed by atoms with Crippen LogP contribution in [0.2, 0.25) is 0 Å². The molecule has 0 unspecified atom stereocenters. The van der Waals surface area contributed by atoms with Gasteiger partial charge in [0.25, 0.3) is 5.91 Å². The Balaban J connectivity index is 1.74. The van der Waals surface area contributed by atoms with E-state index in [1.807, 2.05) is 18.2 Å². The summed E-state index contributed by atoms with van der Waals surface area (Å²) in [6, 6.07) is 8.95. The lowest BCUT2D eigenvalue weighted by Crippen LogP contribution is -2.41. The van der Waals surface area contributed by atoms with Gasteiger partial charge in [-0.15, -0.1) is 0 Å². The number of pyridine rings is 1. The standard InChI is InChI=1S/C16H12BrN3O3/c1-9-12-4-2-3-5-13(12)23-14(9)16(22)20-19-15(21)10-6-11(17)8-18-7-10/h2-8H,1H3,(H,19,21)(H,20,22). The lowest BCUT2D eigenvalue weighted by molar-refractivity contribution is 0.0831. The van der Waals surface area contributed by atoms with Crippen LogP contribution in [0.15, 0.2) is 51.6 Å². The largest absolute Gasteiger partial charge is 0.451 e. The molecule has 0 spiro atoms. The number of halogens is 1. The van der Waals surface area contributed by atoms with E-state index in [1.165, 1.54) is 6.20 Å². The van der Waals surface area contributed by atoms with Crippen molar-refractivity contribution >= 4 is 38.7 Å². The molecule has 3 rings (SSSR count). The molecular weight excluding hydrogens is 362 g/mol. The van der Waals surface area contributed by atoms with E-state index in [2.05, 4.69) is 31.8 Å². The summed E-state index contributed by atoms with van der Waals surface area (Å²) in [6.45, 7) is 1.79. The van der Waals surface area contributed by atoms with Crippen LogP contribution in [-0.4, -0.2) is 16.8 Å². The lowest BCUT2D eigenvalue weighted by Gasteiger charge is -2.06. The summed E-state index contributed by atoms with van der Waals surface area (Å²) < 4.78 is 6.21. The van der Waals surface area contributed by atoms with E-state index in [-0.39, 0.29) is 5.76 Å². The molecular formula is C16H12BrN3O3. The Hall–Kier alpha value is -2.67. The summed E-state index contributed by atoms with van der Waals surface area (Å²) in [6.07, 6.45) is 2.96. The van der Waals surface area contributed by atoms with Crippen LogP contribution in [0.4, 0.5) is 0 Å². The zero-order valence-electron chi connectivity index (χ0n) is 12.1. The number of carbonyl (C=O) groups is 2. The maximum atomic E-state index is 12.2. The van der Waals surface area contributed by atoms with E-state index in [0.29, 0.717) is 15.6 Å². The van der Waals surface area contributed by atoms with Crippen molar-refractivity contribution < 1.29 is 14.0 Å². The van der Waals surface area contributed by atoms with Crippen molar-refractivity contribution in [3.05, 3.63) is 64.1 Å². The van der Waals surface area contributed by atoms with Gasteiger partial charge in [0.15, 0.2) is 5.76 Å². The second-order valence-electron chi connectivity index (χ2n) is 4.85. The molecule has 0 saturated carbocycles. The number of benzene rings is 1. The number of carbonyl (C=O) groups excluding carboxylic acids is 2. The molecule has 0 fully saturated rings. The van der Waals surface area contributed by atoms with Gasteiger partial charge in [0, 0.05) is 27.8 Å². The summed E-state index contributed by atoms with van der Waals surface area (Å²) in [5.74, 6) is -0.824. The van der Waals surface area contributed by atoms with Gasteiger partial charge in [0.1, 0.15) is 5.58 Å². The van der Waals surface area contributed by atoms with Crippen molar-refractivity contribution in [3.8, 4) is 0 Å². The normalized spacial score (nSPS) is 10.5. The molecule has 1 aromatic carbocycles. The highest BCUT2D eigenvalue weighted by atomic mass is 79.9.